The number of aryl methyl sites for hydroxylation is 2. The molecule has 0 saturated heterocycles. The second kappa shape index (κ2) is 7.62. The molecule has 21 heavy (non-hydrogen) atoms. The number of halogens is 1. The van der Waals surface area contributed by atoms with Crippen LogP contribution in [0.25, 0.3) is 0 Å². The predicted molar refractivity (Wildman–Crippen MR) is 88.4 cm³/mol. The predicted octanol–water partition coefficient (Wildman–Crippen LogP) is 5.09. The van der Waals surface area contributed by atoms with Gasteiger partial charge in [-0.3, -0.25) is 0 Å². The molecule has 0 aliphatic rings. The molecule has 0 unspecified atom stereocenters. The van der Waals surface area contributed by atoms with E-state index in [1.165, 1.54) is 22.1 Å². The van der Waals surface area contributed by atoms with Crippen LogP contribution >= 0.6 is 11.8 Å². The van der Waals surface area contributed by atoms with Crippen LogP contribution in [0.15, 0.2) is 46.2 Å². The first-order chi connectivity index (χ1) is 10.1. The molecule has 0 amide bonds. The number of rotatable bonds is 6. The maximum absolute atomic E-state index is 13.5. The molecule has 3 heteroatoms. The third-order valence-corrected chi connectivity index (χ3v) is 4.61. The van der Waals surface area contributed by atoms with E-state index < -0.39 is 0 Å². The van der Waals surface area contributed by atoms with Crippen molar-refractivity contribution in [1.29, 1.82) is 0 Å². The lowest BCUT2D eigenvalue weighted by atomic mass is 10.2. The van der Waals surface area contributed by atoms with Crippen molar-refractivity contribution in [2.45, 2.75) is 43.5 Å². The maximum Gasteiger partial charge on any atom is 0.123 e. The van der Waals surface area contributed by atoms with E-state index in [0.29, 0.717) is 6.54 Å². The van der Waals surface area contributed by atoms with Crippen LogP contribution in [-0.4, -0.2) is 6.54 Å². The molecule has 0 fully saturated rings. The molecule has 1 nitrogen and oxygen atoms in total. The summed E-state index contributed by atoms with van der Waals surface area (Å²) < 4.78 is 13.5. The van der Waals surface area contributed by atoms with Crippen LogP contribution in [-0.2, 0) is 6.54 Å². The van der Waals surface area contributed by atoms with Gasteiger partial charge in [-0.15, -0.1) is 0 Å². The standard InChI is InChI=1S/C18H22FNS/c1-4-9-20-12-15-11-16(19)6-8-18(15)21-17-7-5-13(2)10-14(17)3/h5-8,10-11,20H,4,9,12H2,1-3H3. The lowest BCUT2D eigenvalue weighted by Crippen LogP contribution is -2.14. The first kappa shape index (κ1) is 16.1. The summed E-state index contributed by atoms with van der Waals surface area (Å²) in [5.74, 6) is -0.173. The fourth-order valence-corrected chi connectivity index (χ4v) is 3.21. The van der Waals surface area contributed by atoms with Crippen molar-refractivity contribution in [1.82, 2.24) is 5.32 Å². The second-order valence-electron chi connectivity index (χ2n) is 5.30. The van der Waals surface area contributed by atoms with Crippen LogP contribution < -0.4 is 5.32 Å². The van der Waals surface area contributed by atoms with Crippen LogP contribution in [0.2, 0.25) is 0 Å². The maximum atomic E-state index is 13.5. The molecular formula is C18H22FNS. The molecule has 1 N–H and O–H groups in total. The lowest BCUT2D eigenvalue weighted by Gasteiger charge is -2.12. The van der Waals surface area contributed by atoms with E-state index in [4.69, 9.17) is 0 Å². The van der Waals surface area contributed by atoms with Gasteiger partial charge in [-0.2, -0.15) is 0 Å². The van der Waals surface area contributed by atoms with E-state index in [-0.39, 0.29) is 5.82 Å². The molecule has 0 bridgehead atoms. The lowest BCUT2D eigenvalue weighted by molar-refractivity contribution is 0.615. The Labute approximate surface area is 131 Å². The van der Waals surface area contributed by atoms with Gasteiger partial charge in [-0.1, -0.05) is 36.4 Å². The Hall–Kier alpha value is -1.32. The van der Waals surface area contributed by atoms with Gasteiger partial charge in [-0.25, -0.2) is 4.39 Å². The Morgan fingerprint density at radius 2 is 1.81 bits per heavy atom. The van der Waals surface area contributed by atoms with Gasteiger partial charge >= 0.3 is 0 Å². The molecule has 2 rings (SSSR count). The van der Waals surface area contributed by atoms with E-state index >= 15 is 0 Å². The summed E-state index contributed by atoms with van der Waals surface area (Å²) in [6.45, 7) is 8.00. The molecule has 2 aromatic carbocycles. The number of benzene rings is 2. The smallest absolute Gasteiger partial charge is 0.123 e. The van der Waals surface area contributed by atoms with E-state index in [1.54, 1.807) is 17.8 Å². The van der Waals surface area contributed by atoms with Crippen LogP contribution in [0.3, 0.4) is 0 Å². The minimum atomic E-state index is -0.173. The zero-order chi connectivity index (χ0) is 15.2. The van der Waals surface area contributed by atoms with Crippen molar-refractivity contribution in [3.63, 3.8) is 0 Å². The van der Waals surface area contributed by atoms with Crippen LogP contribution in [0, 0.1) is 19.7 Å². The van der Waals surface area contributed by atoms with Gasteiger partial charge in [0.15, 0.2) is 0 Å². The van der Waals surface area contributed by atoms with Gasteiger partial charge < -0.3 is 5.32 Å². The molecule has 0 atom stereocenters. The Balaban J connectivity index is 2.22. The molecule has 0 spiro atoms. The molecule has 0 saturated carbocycles. The van der Waals surface area contributed by atoms with E-state index in [0.717, 1.165) is 23.4 Å². The van der Waals surface area contributed by atoms with Crippen molar-refractivity contribution in [3.8, 4) is 0 Å². The summed E-state index contributed by atoms with van der Waals surface area (Å²) in [6, 6.07) is 11.5. The third-order valence-electron chi connectivity index (χ3n) is 3.32. The zero-order valence-electron chi connectivity index (χ0n) is 12.9. The summed E-state index contributed by atoms with van der Waals surface area (Å²) in [5.41, 5.74) is 3.55. The highest BCUT2D eigenvalue weighted by molar-refractivity contribution is 7.99. The molecular weight excluding hydrogens is 281 g/mol. The largest absolute Gasteiger partial charge is 0.313 e. The average Bonchev–Trinajstić information content (AvgIpc) is 2.44. The van der Waals surface area contributed by atoms with Gasteiger partial charge in [0.25, 0.3) is 0 Å². The summed E-state index contributed by atoms with van der Waals surface area (Å²) >= 11 is 1.71. The van der Waals surface area contributed by atoms with Crippen LogP contribution in [0.4, 0.5) is 4.39 Å². The highest BCUT2D eigenvalue weighted by Gasteiger charge is 2.08. The fourth-order valence-electron chi connectivity index (χ4n) is 2.22. The Kier molecular flexibility index (Phi) is 5.83. The van der Waals surface area contributed by atoms with Gasteiger partial charge in [0, 0.05) is 16.3 Å². The highest BCUT2D eigenvalue weighted by Crippen LogP contribution is 2.33. The van der Waals surface area contributed by atoms with E-state index in [9.17, 15) is 4.39 Å². The molecule has 0 aliphatic heterocycles. The molecule has 0 aromatic heterocycles. The highest BCUT2D eigenvalue weighted by atomic mass is 32.2. The third kappa shape index (κ3) is 4.58. The van der Waals surface area contributed by atoms with Gasteiger partial charge in [-0.05, 0) is 62.2 Å². The average molecular weight is 303 g/mol. The molecule has 0 heterocycles. The number of hydrogen-bond acceptors (Lipinski definition) is 2. The SMILES string of the molecule is CCCNCc1cc(F)ccc1Sc1ccc(C)cc1C. The molecule has 112 valence electrons. The monoisotopic (exact) mass is 303 g/mol. The molecule has 0 radical (unpaired) electrons. The van der Waals surface area contributed by atoms with Crippen molar-refractivity contribution >= 4 is 11.8 Å². The van der Waals surface area contributed by atoms with Crippen molar-refractivity contribution in [3.05, 3.63) is 58.9 Å². The molecule has 0 aliphatic carbocycles. The minimum absolute atomic E-state index is 0.173. The minimum Gasteiger partial charge on any atom is -0.313 e. The fraction of sp³-hybridized carbons (Fsp3) is 0.333. The van der Waals surface area contributed by atoms with E-state index in [1.807, 2.05) is 6.07 Å². The number of nitrogens with one attached hydrogen (secondary N) is 1. The first-order valence-electron chi connectivity index (χ1n) is 7.34. The quantitative estimate of drug-likeness (QED) is 0.746. The van der Waals surface area contributed by atoms with Crippen molar-refractivity contribution < 1.29 is 4.39 Å². The molecule has 2 aromatic rings. The zero-order valence-corrected chi connectivity index (χ0v) is 13.7. The summed E-state index contributed by atoms with van der Waals surface area (Å²) in [5, 5.41) is 3.35. The topological polar surface area (TPSA) is 12.0 Å². The summed E-state index contributed by atoms with van der Waals surface area (Å²) in [7, 11) is 0. The Bertz CT molecular complexity index is 610. The second-order valence-corrected chi connectivity index (χ2v) is 6.38. The van der Waals surface area contributed by atoms with Crippen LogP contribution in [0.1, 0.15) is 30.0 Å². The van der Waals surface area contributed by atoms with Gasteiger partial charge in [0.2, 0.25) is 0 Å². The summed E-state index contributed by atoms with van der Waals surface area (Å²) in [4.78, 5) is 2.34. The first-order valence-corrected chi connectivity index (χ1v) is 8.16. The van der Waals surface area contributed by atoms with Crippen molar-refractivity contribution in [2.75, 3.05) is 6.54 Å². The van der Waals surface area contributed by atoms with Gasteiger partial charge in [0.05, 0.1) is 0 Å². The van der Waals surface area contributed by atoms with Gasteiger partial charge in [0.1, 0.15) is 5.82 Å². The van der Waals surface area contributed by atoms with E-state index in [2.05, 4.69) is 44.3 Å². The van der Waals surface area contributed by atoms with Crippen LogP contribution in [0.5, 0.6) is 0 Å². The Morgan fingerprint density at radius 3 is 2.52 bits per heavy atom. The van der Waals surface area contributed by atoms with Crippen molar-refractivity contribution in [2.24, 2.45) is 0 Å². The summed E-state index contributed by atoms with van der Waals surface area (Å²) in [6.07, 6.45) is 1.08. The normalized spacial score (nSPS) is 10.9. The number of hydrogen-bond donors (Lipinski definition) is 1. The Morgan fingerprint density at radius 1 is 1.05 bits per heavy atom.